The Hall–Kier alpha value is -0.270. The Morgan fingerprint density at radius 3 is 2.50 bits per heavy atom. The Morgan fingerprint density at radius 1 is 1.38 bits per heavy atom. The molecule has 1 unspecified atom stereocenters. The molecule has 3 N–H and O–H groups in total. The molecule has 0 radical (unpaired) electrons. The molecule has 0 saturated heterocycles. The fourth-order valence-electron chi connectivity index (χ4n) is 1.03. The summed E-state index contributed by atoms with van der Waals surface area (Å²) >= 11 is 1.43. The second-order valence-electron chi connectivity index (χ2n) is 3.50. The van der Waals surface area contributed by atoms with E-state index in [4.69, 9.17) is 10.8 Å². The molecule has 0 aromatic rings. The molecule has 0 fully saturated rings. The van der Waals surface area contributed by atoms with E-state index in [0.717, 1.165) is 0 Å². The number of nitrogens with two attached hydrogens (primary N) is 1. The van der Waals surface area contributed by atoms with Gasteiger partial charge in [0.1, 0.15) is 6.04 Å². The standard InChI is InChI=1S/C9H19NO4S2/c1-2-6-16(13,14)7-5-15-4-3-8(10)9(11)12/h8H,2-7,10H2,1H3,(H,11,12). The number of rotatable bonds is 9. The first-order valence-electron chi connectivity index (χ1n) is 5.15. The van der Waals surface area contributed by atoms with Gasteiger partial charge in [0.2, 0.25) is 0 Å². The van der Waals surface area contributed by atoms with Gasteiger partial charge in [0.05, 0.1) is 5.75 Å². The maximum absolute atomic E-state index is 11.3. The Morgan fingerprint density at radius 2 is 2.00 bits per heavy atom. The van der Waals surface area contributed by atoms with Crippen molar-refractivity contribution in [3.05, 3.63) is 0 Å². The van der Waals surface area contributed by atoms with Gasteiger partial charge < -0.3 is 10.8 Å². The molecular formula is C9H19NO4S2. The zero-order chi connectivity index (χ0) is 12.6. The van der Waals surface area contributed by atoms with Crippen LogP contribution in [0, 0.1) is 0 Å². The summed E-state index contributed by atoms with van der Waals surface area (Å²) in [7, 11) is -2.92. The van der Waals surface area contributed by atoms with Crippen molar-refractivity contribution in [3.8, 4) is 0 Å². The lowest BCUT2D eigenvalue weighted by Crippen LogP contribution is -2.30. The third-order valence-corrected chi connectivity index (χ3v) is 5.08. The maximum atomic E-state index is 11.3. The van der Waals surface area contributed by atoms with Crippen LogP contribution in [0.1, 0.15) is 19.8 Å². The van der Waals surface area contributed by atoms with Gasteiger partial charge in [0.25, 0.3) is 0 Å². The van der Waals surface area contributed by atoms with Gasteiger partial charge in [-0.25, -0.2) is 8.42 Å². The summed E-state index contributed by atoms with van der Waals surface area (Å²) in [5, 5.41) is 8.51. The van der Waals surface area contributed by atoms with Crippen LogP contribution < -0.4 is 5.73 Å². The number of thioether (sulfide) groups is 1. The molecule has 0 heterocycles. The lowest BCUT2D eigenvalue weighted by molar-refractivity contribution is -0.138. The molecule has 0 bridgehead atoms. The number of hydrogen-bond donors (Lipinski definition) is 2. The number of carboxylic acid groups (broad SMARTS) is 1. The second-order valence-corrected chi connectivity index (χ2v) is 7.03. The fourth-order valence-corrected chi connectivity index (χ4v) is 3.97. The van der Waals surface area contributed by atoms with Gasteiger partial charge in [-0.05, 0) is 18.6 Å². The first kappa shape index (κ1) is 15.7. The summed E-state index contributed by atoms with van der Waals surface area (Å²) < 4.78 is 22.6. The molecule has 7 heteroatoms. The third kappa shape index (κ3) is 7.95. The van der Waals surface area contributed by atoms with E-state index in [1.165, 1.54) is 11.8 Å². The van der Waals surface area contributed by atoms with Gasteiger partial charge in [0, 0.05) is 11.5 Å². The van der Waals surface area contributed by atoms with Gasteiger partial charge in [-0.3, -0.25) is 4.79 Å². The third-order valence-electron chi connectivity index (χ3n) is 1.94. The van der Waals surface area contributed by atoms with Crippen LogP contribution in [0.25, 0.3) is 0 Å². The predicted octanol–water partition coefficient (Wildman–Crippen LogP) is 0.346. The number of carboxylic acids is 1. The normalized spacial score (nSPS) is 13.6. The van der Waals surface area contributed by atoms with Crippen LogP contribution >= 0.6 is 11.8 Å². The highest BCUT2D eigenvalue weighted by Crippen LogP contribution is 2.06. The molecule has 0 aliphatic heterocycles. The minimum atomic E-state index is -2.92. The van der Waals surface area contributed by atoms with Crippen molar-refractivity contribution in [3.63, 3.8) is 0 Å². The second kappa shape index (κ2) is 7.92. The lowest BCUT2D eigenvalue weighted by Gasteiger charge is -2.06. The molecule has 1 atom stereocenters. The highest BCUT2D eigenvalue weighted by atomic mass is 32.2. The van der Waals surface area contributed by atoms with Gasteiger partial charge in [0.15, 0.2) is 9.84 Å². The van der Waals surface area contributed by atoms with Crippen LogP contribution in [0.15, 0.2) is 0 Å². The average Bonchev–Trinajstić information content (AvgIpc) is 2.16. The van der Waals surface area contributed by atoms with Crippen LogP contribution in [0.5, 0.6) is 0 Å². The van der Waals surface area contributed by atoms with Crippen LogP contribution in [-0.2, 0) is 14.6 Å². The van der Waals surface area contributed by atoms with Gasteiger partial charge in [-0.15, -0.1) is 0 Å². The molecule has 0 aromatic heterocycles. The van der Waals surface area contributed by atoms with E-state index in [1.807, 2.05) is 6.92 Å². The van der Waals surface area contributed by atoms with Crippen molar-refractivity contribution in [2.45, 2.75) is 25.8 Å². The molecule has 0 aliphatic carbocycles. The number of hydrogen-bond acceptors (Lipinski definition) is 5. The van der Waals surface area contributed by atoms with E-state index in [9.17, 15) is 13.2 Å². The molecule has 0 amide bonds. The Labute approximate surface area is 101 Å². The van der Waals surface area contributed by atoms with E-state index < -0.39 is 21.8 Å². The Kier molecular flexibility index (Phi) is 7.78. The zero-order valence-electron chi connectivity index (χ0n) is 9.39. The van der Waals surface area contributed by atoms with E-state index >= 15 is 0 Å². The zero-order valence-corrected chi connectivity index (χ0v) is 11.0. The molecular weight excluding hydrogens is 250 g/mol. The molecule has 0 rings (SSSR count). The monoisotopic (exact) mass is 269 g/mol. The highest BCUT2D eigenvalue weighted by Gasteiger charge is 2.12. The summed E-state index contributed by atoms with van der Waals surface area (Å²) in [6.07, 6.45) is 1.00. The Balaban J connectivity index is 3.58. The SMILES string of the molecule is CCCS(=O)(=O)CCSCCC(N)C(=O)O. The van der Waals surface area contributed by atoms with Gasteiger partial charge in [-0.2, -0.15) is 11.8 Å². The molecule has 0 aliphatic rings. The van der Waals surface area contributed by atoms with Crippen molar-refractivity contribution in [1.29, 1.82) is 0 Å². The molecule has 96 valence electrons. The van der Waals surface area contributed by atoms with E-state index in [1.54, 1.807) is 0 Å². The molecule has 5 nitrogen and oxygen atoms in total. The van der Waals surface area contributed by atoms with Crippen LogP contribution in [0.3, 0.4) is 0 Å². The van der Waals surface area contributed by atoms with Crippen molar-refractivity contribution in [2.75, 3.05) is 23.0 Å². The van der Waals surface area contributed by atoms with Crippen LogP contribution in [0.4, 0.5) is 0 Å². The van der Waals surface area contributed by atoms with Gasteiger partial charge >= 0.3 is 5.97 Å². The lowest BCUT2D eigenvalue weighted by atomic mass is 10.2. The molecule has 0 saturated carbocycles. The van der Waals surface area contributed by atoms with Crippen molar-refractivity contribution in [2.24, 2.45) is 5.73 Å². The first-order chi connectivity index (χ1) is 7.39. The van der Waals surface area contributed by atoms with E-state index in [0.29, 0.717) is 24.3 Å². The number of aliphatic carboxylic acids is 1. The predicted molar refractivity (Wildman–Crippen MR) is 66.5 cm³/mol. The molecule has 0 aromatic carbocycles. The largest absolute Gasteiger partial charge is 0.480 e. The minimum absolute atomic E-state index is 0.161. The van der Waals surface area contributed by atoms with Crippen LogP contribution in [0.2, 0.25) is 0 Å². The summed E-state index contributed by atoms with van der Waals surface area (Å²) in [6.45, 7) is 1.83. The summed E-state index contributed by atoms with van der Waals surface area (Å²) in [6, 6.07) is -0.847. The molecule has 0 spiro atoms. The summed E-state index contributed by atoms with van der Waals surface area (Å²) in [5.41, 5.74) is 5.30. The Bertz CT molecular complexity index is 303. The topological polar surface area (TPSA) is 97.5 Å². The van der Waals surface area contributed by atoms with E-state index in [-0.39, 0.29) is 11.5 Å². The van der Waals surface area contributed by atoms with E-state index in [2.05, 4.69) is 0 Å². The highest BCUT2D eigenvalue weighted by molar-refractivity contribution is 8.00. The summed E-state index contributed by atoms with van der Waals surface area (Å²) in [4.78, 5) is 10.4. The first-order valence-corrected chi connectivity index (χ1v) is 8.13. The molecule has 16 heavy (non-hydrogen) atoms. The number of carbonyl (C=O) groups is 1. The van der Waals surface area contributed by atoms with Crippen molar-refractivity contribution in [1.82, 2.24) is 0 Å². The van der Waals surface area contributed by atoms with Crippen LogP contribution in [-0.4, -0.2) is 48.5 Å². The van der Waals surface area contributed by atoms with Crippen molar-refractivity contribution >= 4 is 27.6 Å². The van der Waals surface area contributed by atoms with Crippen molar-refractivity contribution < 1.29 is 18.3 Å². The minimum Gasteiger partial charge on any atom is -0.480 e. The fraction of sp³-hybridized carbons (Fsp3) is 0.889. The summed E-state index contributed by atoms with van der Waals surface area (Å²) in [5.74, 6) is 0.457. The van der Waals surface area contributed by atoms with Gasteiger partial charge in [-0.1, -0.05) is 6.92 Å². The number of sulfone groups is 1. The quantitative estimate of drug-likeness (QED) is 0.586. The average molecular weight is 269 g/mol. The maximum Gasteiger partial charge on any atom is 0.320 e. The smallest absolute Gasteiger partial charge is 0.320 e.